The minimum Gasteiger partial charge on any atom is -0.453 e. The zero-order valence-corrected chi connectivity index (χ0v) is 11.1. The van der Waals surface area contributed by atoms with E-state index in [2.05, 4.69) is 10.5 Å². The van der Waals surface area contributed by atoms with E-state index in [4.69, 9.17) is 8.94 Å². The molecular formula is C15H14N2O3. The molecule has 0 bridgehead atoms. The number of nitrogens with zero attached hydrogens (tertiary/aromatic N) is 1. The lowest BCUT2D eigenvalue weighted by atomic mass is 10.2. The van der Waals surface area contributed by atoms with Gasteiger partial charge in [-0.1, -0.05) is 23.4 Å². The minimum atomic E-state index is -0.0723. The Morgan fingerprint density at radius 2 is 2.10 bits per heavy atom. The first-order valence-corrected chi connectivity index (χ1v) is 6.47. The van der Waals surface area contributed by atoms with Crippen molar-refractivity contribution in [3.05, 3.63) is 42.1 Å². The predicted octanol–water partition coefficient (Wildman–Crippen LogP) is 2.77. The molecule has 2 aromatic heterocycles. The molecule has 0 fully saturated rings. The summed E-state index contributed by atoms with van der Waals surface area (Å²) in [4.78, 5) is 11.5. The fourth-order valence-electron chi connectivity index (χ4n) is 2.04. The van der Waals surface area contributed by atoms with Gasteiger partial charge in [0.1, 0.15) is 5.58 Å². The second-order valence-electron chi connectivity index (χ2n) is 4.46. The first-order chi connectivity index (χ1) is 9.76. The third kappa shape index (κ3) is 2.42. The number of likely N-dealkylation sites (N-methyl/N-ethyl adjacent to an activating group) is 1. The van der Waals surface area contributed by atoms with Crippen LogP contribution in [0.5, 0.6) is 0 Å². The second-order valence-corrected chi connectivity index (χ2v) is 4.46. The molecule has 0 atom stereocenters. The van der Waals surface area contributed by atoms with Gasteiger partial charge in [0.05, 0.1) is 12.1 Å². The molecule has 1 amide bonds. The fourth-order valence-corrected chi connectivity index (χ4v) is 2.04. The molecule has 0 aliphatic rings. The van der Waals surface area contributed by atoms with Gasteiger partial charge in [-0.15, -0.1) is 0 Å². The summed E-state index contributed by atoms with van der Waals surface area (Å²) in [5, 5.41) is 7.61. The van der Waals surface area contributed by atoms with Gasteiger partial charge in [0.25, 0.3) is 0 Å². The van der Waals surface area contributed by atoms with Crippen molar-refractivity contribution in [3.63, 3.8) is 0 Å². The number of carbonyl (C=O) groups is 1. The summed E-state index contributed by atoms with van der Waals surface area (Å²) < 4.78 is 10.9. The van der Waals surface area contributed by atoms with Crippen molar-refractivity contribution in [2.75, 3.05) is 6.54 Å². The molecule has 0 radical (unpaired) electrons. The molecular weight excluding hydrogens is 256 g/mol. The maximum absolute atomic E-state index is 11.5. The van der Waals surface area contributed by atoms with Gasteiger partial charge in [-0.25, -0.2) is 0 Å². The van der Waals surface area contributed by atoms with E-state index in [-0.39, 0.29) is 12.3 Å². The average molecular weight is 270 g/mol. The van der Waals surface area contributed by atoms with Gasteiger partial charge in [-0.3, -0.25) is 4.79 Å². The van der Waals surface area contributed by atoms with E-state index in [1.807, 2.05) is 37.3 Å². The van der Waals surface area contributed by atoms with Crippen LogP contribution in [0, 0.1) is 0 Å². The highest BCUT2D eigenvalue weighted by Gasteiger charge is 2.13. The number of hydrogen-bond donors (Lipinski definition) is 1. The van der Waals surface area contributed by atoms with Crippen molar-refractivity contribution in [2.45, 2.75) is 13.3 Å². The zero-order valence-electron chi connectivity index (χ0n) is 11.1. The Morgan fingerprint density at radius 3 is 2.90 bits per heavy atom. The van der Waals surface area contributed by atoms with E-state index in [0.717, 1.165) is 11.0 Å². The molecule has 20 heavy (non-hydrogen) atoms. The van der Waals surface area contributed by atoms with Crippen LogP contribution in [0.15, 0.2) is 45.3 Å². The molecule has 3 rings (SSSR count). The number of carbonyl (C=O) groups excluding carboxylic acids is 1. The lowest BCUT2D eigenvalue weighted by Gasteiger charge is -1.96. The van der Waals surface area contributed by atoms with Crippen molar-refractivity contribution >= 4 is 16.9 Å². The number of amides is 1. The van der Waals surface area contributed by atoms with Gasteiger partial charge in [-0.05, 0) is 19.1 Å². The van der Waals surface area contributed by atoms with Gasteiger partial charge in [0, 0.05) is 18.0 Å². The number of para-hydroxylation sites is 1. The van der Waals surface area contributed by atoms with Gasteiger partial charge < -0.3 is 14.3 Å². The number of nitrogens with one attached hydrogen (secondary N) is 1. The number of rotatable bonds is 4. The summed E-state index contributed by atoms with van der Waals surface area (Å²) in [6.07, 6.45) is 0.206. The highest BCUT2D eigenvalue weighted by atomic mass is 16.5. The van der Waals surface area contributed by atoms with Crippen LogP contribution in [0.25, 0.3) is 22.5 Å². The molecule has 0 unspecified atom stereocenters. The quantitative estimate of drug-likeness (QED) is 0.791. The number of aromatic nitrogens is 1. The smallest absolute Gasteiger partial charge is 0.226 e. The summed E-state index contributed by atoms with van der Waals surface area (Å²) >= 11 is 0. The molecule has 5 nitrogen and oxygen atoms in total. The van der Waals surface area contributed by atoms with Crippen molar-refractivity contribution in [1.82, 2.24) is 10.5 Å². The second kappa shape index (κ2) is 5.21. The molecule has 0 saturated heterocycles. The largest absolute Gasteiger partial charge is 0.453 e. The number of furan rings is 1. The Hall–Kier alpha value is -2.56. The van der Waals surface area contributed by atoms with Gasteiger partial charge in [0.15, 0.2) is 5.76 Å². The summed E-state index contributed by atoms with van der Waals surface area (Å²) in [5.74, 6) is 1.07. The first kappa shape index (κ1) is 12.5. The Labute approximate surface area is 115 Å². The van der Waals surface area contributed by atoms with E-state index in [1.54, 1.807) is 6.07 Å². The summed E-state index contributed by atoms with van der Waals surface area (Å²) in [6, 6.07) is 11.3. The van der Waals surface area contributed by atoms with E-state index in [0.29, 0.717) is 23.8 Å². The molecule has 102 valence electrons. The lowest BCUT2D eigenvalue weighted by molar-refractivity contribution is -0.120. The first-order valence-electron chi connectivity index (χ1n) is 6.47. The summed E-state index contributed by atoms with van der Waals surface area (Å²) in [5.41, 5.74) is 1.38. The summed E-state index contributed by atoms with van der Waals surface area (Å²) in [6.45, 7) is 2.48. The molecule has 1 N–H and O–H groups in total. The molecule has 0 aliphatic heterocycles. The van der Waals surface area contributed by atoms with Crippen molar-refractivity contribution in [2.24, 2.45) is 0 Å². The monoisotopic (exact) mass is 270 g/mol. The van der Waals surface area contributed by atoms with Crippen LogP contribution >= 0.6 is 0 Å². The third-order valence-corrected chi connectivity index (χ3v) is 2.94. The average Bonchev–Trinajstić information content (AvgIpc) is 3.04. The molecule has 0 saturated carbocycles. The molecule has 2 heterocycles. The number of hydrogen-bond acceptors (Lipinski definition) is 4. The predicted molar refractivity (Wildman–Crippen MR) is 74.1 cm³/mol. The number of fused-ring (bicyclic) bond motifs is 1. The van der Waals surface area contributed by atoms with Crippen LogP contribution in [0.2, 0.25) is 0 Å². The van der Waals surface area contributed by atoms with Gasteiger partial charge >= 0.3 is 0 Å². The third-order valence-electron chi connectivity index (χ3n) is 2.94. The lowest BCUT2D eigenvalue weighted by Crippen LogP contribution is -2.24. The maximum Gasteiger partial charge on any atom is 0.226 e. The van der Waals surface area contributed by atoms with Crippen LogP contribution in [0.1, 0.15) is 12.6 Å². The topological polar surface area (TPSA) is 68.3 Å². The fraction of sp³-hybridized carbons (Fsp3) is 0.200. The number of benzene rings is 1. The van der Waals surface area contributed by atoms with Crippen molar-refractivity contribution < 1.29 is 13.7 Å². The molecule has 0 spiro atoms. The molecule has 3 aromatic rings. The molecule has 5 heteroatoms. The standard InChI is InChI=1S/C15H14N2O3/c1-2-16-15(18)9-11-8-14(20-17-11)13-7-10-5-3-4-6-12(10)19-13/h3-8H,2,9H2,1H3,(H,16,18). The van der Waals surface area contributed by atoms with E-state index >= 15 is 0 Å². The SMILES string of the molecule is CCNC(=O)Cc1cc(-c2cc3ccccc3o2)on1. The van der Waals surface area contributed by atoms with Crippen LogP contribution in [-0.2, 0) is 11.2 Å². The normalized spacial score (nSPS) is 10.8. The van der Waals surface area contributed by atoms with Gasteiger partial charge in [-0.2, -0.15) is 0 Å². The Bertz CT molecular complexity index is 709. The van der Waals surface area contributed by atoms with E-state index in [1.165, 1.54) is 0 Å². The highest BCUT2D eigenvalue weighted by Crippen LogP contribution is 2.28. The van der Waals surface area contributed by atoms with Crippen LogP contribution in [0.4, 0.5) is 0 Å². The maximum atomic E-state index is 11.5. The van der Waals surface area contributed by atoms with Crippen LogP contribution < -0.4 is 5.32 Å². The molecule has 0 aliphatic carbocycles. The molecule has 1 aromatic carbocycles. The van der Waals surface area contributed by atoms with Crippen LogP contribution in [0.3, 0.4) is 0 Å². The zero-order chi connectivity index (χ0) is 13.9. The van der Waals surface area contributed by atoms with Crippen LogP contribution in [-0.4, -0.2) is 17.6 Å². The van der Waals surface area contributed by atoms with E-state index < -0.39 is 0 Å². The Balaban J connectivity index is 1.84. The Morgan fingerprint density at radius 1 is 1.25 bits per heavy atom. The van der Waals surface area contributed by atoms with E-state index in [9.17, 15) is 4.79 Å². The minimum absolute atomic E-state index is 0.0723. The summed E-state index contributed by atoms with van der Waals surface area (Å²) in [7, 11) is 0. The van der Waals surface area contributed by atoms with Crippen molar-refractivity contribution in [1.29, 1.82) is 0 Å². The Kier molecular flexibility index (Phi) is 3.25. The van der Waals surface area contributed by atoms with Crippen molar-refractivity contribution in [3.8, 4) is 11.5 Å². The van der Waals surface area contributed by atoms with Gasteiger partial charge in [0.2, 0.25) is 11.7 Å². The highest BCUT2D eigenvalue weighted by molar-refractivity contribution is 5.82.